The fraction of sp³-hybridized carbons (Fsp3) is 0.333. The van der Waals surface area contributed by atoms with E-state index in [1.165, 1.54) is 12.1 Å². The average molecular weight is 293 g/mol. The molecule has 1 N–H and O–H groups in total. The van der Waals surface area contributed by atoms with Crippen molar-refractivity contribution >= 4 is 0 Å². The number of nitrogens with zero attached hydrogens (tertiary/aromatic N) is 2. The van der Waals surface area contributed by atoms with Gasteiger partial charge in [0.25, 0.3) is 0 Å². The van der Waals surface area contributed by atoms with E-state index in [2.05, 4.69) is 10.4 Å². The summed E-state index contributed by atoms with van der Waals surface area (Å²) in [6, 6.07) is 4.94. The fourth-order valence-corrected chi connectivity index (χ4v) is 2.01. The number of aromatic nitrogens is 2. The maximum absolute atomic E-state index is 13.9. The molecule has 0 saturated carbocycles. The number of benzene rings is 1. The molecule has 0 aliphatic rings. The molecule has 0 fully saturated rings. The number of hydrogen-bond acceptors (Lipinski definition) is 3. The summed E-state index contributed by atoms with van der Waals surface area (Å²) >= 11 is 0. The van der Waals surface area contributed by atoms with Crippen LogP contribution in [0.5, 0.6) is 0 Å². The zero-order valence-corrected chi connectivity index (χ0v) is 12.0. The van der Waals surface area contributed by atoms with Crippen molar-refractivity contribution in [3.8, 4) is 5.69 Å². The molecule has 1 heterocycles. The molecule has 0 radical (unpaired) electrons. The lowest BCUT2D eigenvalue weighted by molar-refractivity contribution is 0.548. The highest BCUT2D eigenvalue weighted by molar-refractivity contribution is 5.36. The van der Waals surface area contributed by atoms with Crippen LogP contribution in [0.4, 0.5) is 8.78 Å². The van der Waals surface area contributed by atoms with Crippen LogP contribution in [-0.2, 0) is 6.54 Å². The van der Waals surface area contributed by atoms with Crippen LogP contribution in [-0.4, -0.2) is 16.3 Å². The Morgan fingerprint density at radius 1 is 1.29 bits per heavy atom. The summed E-state index contributed by atoms with van der Waals surface area (Å²) in [6.07, 6.45) is 0.919. The van der Waals surface area contributed by atoms with Gasteiger partial charge in [0.2, 0.25) is 5.43 Å². The largest absolute Gasteiger partial charge is 0.311 e. The van der Waals surface area contributed by atoms with E-state index in [0.717, 1.165) is 29.8 Å². The lowest BCUT2D eigenvalue weighted by Crippen LogP contribution is -2.25. The van der Waals surface area contributed by atoms with Gasteiger partial charge in [0.1, 0.15) is 11.4 Å². The van der Waals surface area contributed by atoms with Crippen LogP contribution in [0.15, 0.2) is 29.1 Å². The van der Waals surface area contributed by atoms with E-state index in [4.69, 9.17) is 0 Å². The predicted molar refractivity (Wildman–Crippen MR) is 76.5 cm³/mol. The van der Waals surface area contributed by atoms with Gasteiger partial charge in [-0.05, 0) is 32.0 Å². The van der Waals surface area contributed by atoms with Crippen LogP contribution in [0, 0.1) is 18.6 Å². The lowest BCUT2D eigenvalue weighted by Gasteiger charge is -2.13. The lowest BCUT2D eigenvalue weighted by atomic mass is 10.2. The van der Waals surface area contributed by atoms with Crippen molar-refractivity contribution in [3.63, 3.8) is 0 Å². The quantitative estimate of drug-likeness (QED) is 0.861. The number of nitrogens with one attached hydrogen (secondary N) is 1. The molecular weight excluding hydrogens is 276 g/mol. The van der Waals surface area contributed by atoms with Gasteiger partial charge < -0.3 is 5.32 Å². The van der Waals surface area contributed by atoms with Gasteiger partial charge in [-0.15, -0.1) is 0 Å². The molecule has 2 aromatic rings. The van der Waals surface area contributed by atoms with Crippen LogP contribution in [0.2, 0.25) is 0 Å². The van der Waals surface area contributed by atoms with Gasteiger partial charge in [0, 0.05) is 18.3 Å². The van der Waals surface area contributed by atoms with Crippen molar-refractivity contribution in [2.75, 3.05) is 6.54 Å². The molecule has 0 aliphatic heterocycles. The second-order valence-electron chi connectivity index (χ2n) is 4.76. The Morgan fingerprint density at radius 2 is 1.95 bits per heavy atom. The standard InChI is InChI=1S/C15H17F2N3O/c1-3-7-18-9-13-14(21)8-10(2)20(19-13)15-11(16)5-4-6-12(15)17/h4-6,8,18H,3,7,9H2,1-2H3. The summed E-state index contributed by atoms with van der Waals surface area (Å²) in [5, 5.41) is 7.15. The Kier molecular flexibility index (Phi) is 4.80. The van der Waals surface area contributed by atoms with E-state index in [0.29, 0.717) is 5.69 Å². The van der Waals surface area contributed by atoms with E-state index < -0.39 is 11.6 Å². The maximum Gasteiger partial charge on any atom is 0.204 e. The van der Waals surface area contributed by atoms with Gasteiger partial charge in [0.05, 0.1) is 0 Å². The Morgan fingerprint density at radius 3 is 2.57 bits per heavy atom. The molecule has 1 aromatic carbocycles. The Labute approximate surface area is 121 Å². The molecule has 6 heteroatoms. The Balaban J connectivity index is 2.49. The van der Waals surface area contributed by atoms with Crippen molar-refractivity contribution in [1.82, 2.24) is 15.1 Å². The number of rotatable bonds is 5. The highest BCUT2D eigenvalue weighted by Gasteiger charge is 2.14. The molecule has 2 rings (SSSR count). The molecule has 112 valence electrons. The number of hydrogen-bond donors (Lipinski definition) is 1. The van der Waals surface area contributed by atoms with Crippen molar-refractivity contribution in [3.05, 3.63) is 57.5 Å². The summed E-state index contributed by atoms with van der Waals surface area (Å²) < 4.78 is 28.9. The highest BCUT2D eigenvalue weighted by atomic mass is 19.1. The summed E-state index contributed by atoms with van der Waals surface area (Å²) in [7, 11) is 0. The van der Waals surface area contributed by atoms with Gasteiger partial charge in [-0.3, -0.25) is 4.79 Å². The SMILES string of the molecule is CCCNCc1nn(-c2c(F)cccc2F)c(C)cc1=O. The summed E-state index contributed by atoms with van der Waals surface area (Å²) in [4.78, 5) is 11.9. The normalized spacial score (nSPS) is 10.9. The van der Waals surface area contributed by atoms with E-state index in [9.17, 15) is 13.6 Å². The van der Waals surface area contributed by atoms with Crippen LogP contribution in [0.25, 0.3) is 5.69 Å². The highest BCUT2D eigenvalue weighted by Crippen LogP contribution is 2.17. The topological polar surface area (TPSA) is 46.9 Å². The monoisotopic (exact) mass is 293 g/mol. The molecule has 21 heavy (non-hydrogen) atoms. The molecule has 0 spiro atoms. The zero-order chi connectivity index (χ0) is 15.4. The first-order valence-corrected chi connectivity index (χ1v) is 6.79. The van der Waals surface area contributed by atoms with E-state index >= 15 is 0 Å². The minimum Gasteiger partial charge on any atom is -0.311 e. The molecule has 1 aromatic heterocycles. The predicted octanol–water partition coefficient (Wildman–Crippen LogP) is 2.32. The first-order chi connectivity index (χ1) is 10.0. The fourth-order valence-electron chi connectivity index (χ4n) is 2.01. The molecule has 0 amide bonds. The van der Waals surface area contributed by atoms with Gasteiger partial charge in [-0.1, -0.05) is 13.0 Å². The molecule has 0 aliphatic carbocycles. The minimum atomic E-state index is -0.721. The summed E-state index contributed by atoms with van der Waals surface area (Å²) in [6.45, 7) is 4.60. The van der Waals surface area contributed by atoms with Crippen LogP contribution in [0.1, 0.15) is 24.7 Å². The smallest absolute Gasteiger partial charge is 0.204 e. The van der Waals surface area contributed by atoms with E-state index in [1.54, 1.807) is 6.92 Å². The first-order valence-electron chi connectivity index (χ1n) is 6.79. The van der Waals surface area contributed by atoms with Crippen molar-refractivity contribution in [1.29, 1.82) is 0 Å². The third kappa shape index (κ3) is 3.33. The van der Waals surface area contributed by atoms with Crippen LogP contribution in [0.3, 0.4) is 0 Å². The first kappa shape index (κ1) is 15.3. The van der Waals surface area contributed by atoms with Gasteiger partial charge >= 0.3 is 0 Å². The summed E-state index contributed by atoms with van der Waals surface area (Å²) in [5.41, 5.74) is 0.0933. The second-order valence-corrected chi connectivity index (χ2v) is 4.76. The molecule has 0 bridgehead atoms. The van der Waals surface area contributed by atoms with Crippen molar-refractivity contribution in [2.24, 2.45) is 0 Å². The zero-order valence-electron chi connectivity index (χ0n) is 12.0. The second kappa shape index (κ2) is 6.58. The van der Waals surface area contributed by atoms with E-state index in [1.807, 2.05) is 6.92 Å². The van der Waals surface area contributed by atoms with Crippen molar-refractivity contribution < 1.29 is 8.78 Å². The minimum absolute atomic E-state index is 0.233. The number of aryl methyl sites for hydroxylation is 1. The van der Waals surface area contributed by atoms with Gasteiger partial charge in [0.15, 0.2) is 11.6 Å². The van der Waals surface area contributed by atoms with Gasteiger partial charge in [-0.2, -0.15) is 5.10 Å². The Bertz CT molecular complexity index is 678. The van der Waals surface area contributed by atoms with Crippen LogP contribution >= 0.6 is 0 Å². The maximum atomic E-state index is 13.9. The number of halogens is 2. The number of para-hydroxylation sites is 1. The molecule has 0 atom stereocenters. The third-order valence-electron chi connectivity index (χ3n) is 3.05. The van der Waals surface area contributed by atoms with Gasteiger partial charge in [-0.25, -0.2) is 13.5 Å². The average Bonchev–Trinajstić information content (AvgIpc) is 2.43. The Hall–Kier alpha value is -2.08. The van der Waals surface area contributed by atoms with Crippen LogP contribution < -0.4 is 10.7 Å². The summed E-state index contributed by atoms with van der Waals surface area (Å²) in [5.74, 6) is -1.44. The molecule has 4 nitrogen and oxygen atoms in total. The molecule has 0 saturated heterocycles. The van der Waals surface area contributed by atoms with E-state index in [-0.39, 0.29) is 23.4 Å². The molecule has 0 unspecified atom stereocenters. The molecular formula is C15H17F2N3O. The third-order valence-corrected chi connectivity index (χ3v) is 3.05. The van der Waals surface area contributed by atoms with Crippen molar-refractivity contribution in [2.45, 2.75) is 26.8 Å².